The van der Waals surface area contributed by atoms with E-state index >= 15 is 0 Å². The zero-order valence-corrected chi connectivity index (χ0v) is 16.1. The normalized spacial score (nSPS) is 10.7. The van der Waals surface area contributed by atoms with Gasteiger partial charge < -0.3 is 23.7 Å². The molecule has 3 aromatic rings. The van der Waals surface area contributed by atoms with Crippen LogP contribution in [0.5, 0.6) is 17.2 Å². The summed E-state index contributed by atoms with van der Waals surface area (Å²) in [7, 11) is 6.89. The van der Waals surface area contributed by atoms with E-state index in [1.807, 2.05) is 60.1 Å². The number of aryl methyl sites for hydroxylation is 1. The number of hydrogen-bond donors (Lipinski definition) is 0. The summed E-state index contributed by atoms with van der Waals surface area (Å²) < 4.78 is 18.2. The number of para-hydroxylation sites is 2. The van der Waals surface area contributed by atoms with Gasteiger partial charge in [0.25, 0.3) is 5.91 Å². The van der Waals surface area contributed by atoms with E-state index in [9.17, 15) is 4.79 Å². The predicted molar refractivity (Wildman–Crippen MR) is 105 cm³/mol. The molecule has 27 heavy (non-hydrogen) atoms. The second kappa shape index (κ2) is 8.03. The Morgan fingerprint density at radius 1 is 1.04 bits per heavy atom. The van der Waals surface area contributed by atoms with Crippen LogP contribution in [0.1, 0.15) is 10.5 Å². The number of nitrogens with zero attached hydrogens (tertiary/aromatic N) is 2. The average Bonchev–Trinajstić information content (AvgIpc) is 3.03. The molecule has 1 heterocycles. The van der Waals surface area contributed by atoms with Gasteiger partial charge in [-0.25, -0.2) is 0 Å². The molecule has 6 heteroatoms. The summed E-state index contributed by atoms with van der Waals surface area (Å²) in [6, 6.07) is 15.1. The van der Waals surface area contributed by atoms with Crippen LogP contribution >= 0.6 is 0 Å². The Kier molecular flexibility index (Phi) is 5.54. The summed E-state index contributed by atoms with van der Waals surface area (Å²) in [6.45, 7) is 0.835. The molecule has 0 aliphatic carbocycles. The van der Waals surface area contributed by atoms with E-state index in [2.05, 4.69) is 0 Å². The van der Waals surface area contributed by atoms with Crippen LogP contribution in [0.4, 0.5) is 0 Å². The number of carbonyl (C=O) groups excluding carboxylic acids is 1. The van der Waals surface area contributed by atoms with Crippen molar-refractivity contribution in [3.05, 3.63) is 54.2 Å². The standard InChI is InChI=1S/C21H24N2O4/c1-22(11-12-27-20-8-6-5-7-19(20)26-4)21(24)18-13-15-9-10-16(25-3)14-17(15)23(18)2/h5-10,13-14H,11-12H2,1-4H3. The molecule has 0 saturated carbocycles. The van der Waals surface area contributed by atoms with Crippen LogP contribution in [0.15, 0.2) is 48.5 Å². The topological polar surface area (TPSA) is 52.9 Å². The molecule has 2 aromatic carbocycles. The summed E-state index contributed by atoms with van der Waals surface area (Å²) in [4.78, 5) is 14.5. The first-order chi connectivity index (χ1) is 13.0. The molecule has 0 N–H and O–H groups in total. The number of methoxy groups -OCH3 is 2. The van der Waals surface area contributed by atoms with Crippen molar-refractivity contribution < 1.29 is 19.0 Å². The van der Waals surface area contributed by atoms with Crippen molar-refractivity contribution in [2.45, 2.75) is 0 Å². The molecule has 1 aromatic heterocycles. The van der Waals surface area contributed by atoms with Gasteiger partial charge in [0, 0.05) is 25.5 Å². The number of amides is 1. The van der Waals surface area contributed by atoms with Gasteiger partial charge in [0.15, 0.2) is 11.5 Å². The van der Waals surface area contributed by atoms with Crippen LogP contribution in [0.3, 0.4) is 0 Å². The highest BCUT2D eigenvalue weighted by Gasteiger charge is 2.18. The minimum absolute atomic E-state index is 0.0590. The first-order valence-corrected chi connectivity index (χ1v) is 8.70. The summed E-state index contributed by atoms with van der Waals surface area (Å²) in [6.07, 6.45) is 0. The van der Waals surface area contributed by atoms with Gasteiger partial charge in [-0.2, -0.15) is 0 Å². The molecule has 0 aliphatic heterocycles. The number of likely N-dealkylation sites (N-methyl/N-ethyl adjacent to an activating group) is 1. The first kappa shape index (κ1) is 18.6. The number of ether oxygens (including phenoxy) is 3. The van der Waals surface area contributed by atoms with Crippen molar-refractivity contribution in [2.24, 2.45) is 7.05 Å². The summed E-state index contributed by atoms with van der Waals surface area (Å²) in [5.74, 6) is 2.05. The maximum atomic E-state index is 12.8. The van der Waals surface area contributed by atoms with Crippen LogP contribution in [0.25, 0.3) is 10.9 Å². The number of hydrogen-bond acceptors (Lipinski definition) is 4. The SMILES string of the molecule is COc1ccc2cc(C(=O)N(C)CCOc3ccccc3OC)n(C)c2c1. The molecule has 3 rings (SSSR count). The molecule has 0 radical (unpaired) electrons. The van der Waals surface area contributed by atoms with E-state index < -0.39 is 0 Å². The molecule has 6 nitrogen and oxygen atoms in total. The number of rotatable bonds is 7. The quantitative estimate of drug-likeness (QED) is 0.642. The average molecular weight is 368 g/mol. The third-order valence-corrected chi connectivity index (χ3v) is 4.57. The number of fused-ring (bicyclic) bond motifs is 1. The van der Waals surface area contributed by atoms with Crippen LogP contribution < -0.4 is 14.2 Å². The van der Waals surface area contributed by atoms with Crippen molar-refractivity contribution in [2.75, 3.05) is 34.4 Å². The van der Waals surface area contributed by atoms with Gasteiger partial charge >= 0.3 is 0 Å². The van der Waals surface area contributed by atoms with E-state index in [4.69, 9.17) is 14.2 Å². The van der Waals surface area contributed by atoms with E-state index in [0.717, 1.165) is 16.7 Å². The van der Waals surface area contributed by atoms with Crippen molar-refractivity contribution in [3.8, 4) is 17.2 Å². The van der Waals surface area contributed by atoms with Crippen molar-refractivity contribution in [3.63, 3.8) is 0 Å². The van der Waals surface area contributed by atoms with Gasteiger partial charge in [-0.3, -0.25) is 4.79 Å². The summed E-state index contributed by atoms with van der Waals surface area (Å²) in [5.41, 5.74) is 1.58. The molecule has 0 saturated heterocycles. The largest absolute Gasteiger partial charge is 0.497 e. The van der Waals surface area contributed by atoms with Gasteiger partial charge in [0.2, 0.25) is 0 Å². The lowest BCUT2D eigenvalue weighted by Gasteiger charge is -2.18. The van der Waals surface area contributed by atoms with Crippen LogP contribution in [-0.2, 0) is 7.05 Å². The Labute approximate surface area is 158 Å². The molecular weight excluding hydrogens is 344 g/mol. The summed E-state index contributed by atoms with van der Waals surface area (Å²) in [5, 5.41) is 1.00. The molecule has 1 amide bonds. The molecule has 0 unspecified atom stereocenters. The van der Waals surface area contributed by atoms with Crippen LogP contribution in [0, 0.1) is 0 Å². The maximum absolute atomic E-state index is 12.8. The summed E-state index contributed by atoms with van der Waals surface area (Å²) >= 11 is 0. The van der Waals surface area contributed by atoms with Crippen LogP contribution in [0.2, 0.25) is 0 Å². The molecule has 0 bridgehead atoms. The zero-order valence-electron chi connectivity index (χ0n) is 16.1. The number of carbonyl (C=O) groups is 1. The van der Waals surface area contributed by atoms with E-state index in [1.165, 1.54) is 0 Å². The van der Waals surface area contributed by atoms with Crippen molar-refractivity contribution >= 4 is 16.8 Å². The Balaban J connectivity index is 1.68. The highest BCUT2D eigenvalue weighted by Crippen LogP contribution is 2.26. The Morgan fingerprint density at radius 3 is 2.48 bits per heavy atom. The third-order valence-electron chi connectivity index (χ3n) is 4.57. The van der Waals surface area contributed by atoms with Crippen LogP contribution in [-0.4, -0.2) is 49.8 Å². The van der Waals surface area contributed by atoms with E-state index in [-0.39, 0.29) is 5.91 Å². The highest BCUT2D eigenvalue weighted by atomic mass is 16.5. The van der Waals surface area contributed by atoms with E-state index in [1.54, 1.807) is 26.2 Å². The zero-order chi connectivity index (χ0) is 19.4. The Hall–Kier alpha value is -3.15. The van der Waals surface area contributed by atoms with Gasteiger partial charge in [-0.05, 0) is 30.3 Å². The lowest BCUT2D eigenvalue weighted by Crippen LogP contribution is -2.32. The Morgan fingerprint density at radius 2 is 1.78 bits per heavy atom. The fourth-order valence-corrected chi connectivity index (χ4v) is 2.97. The van der Waals surface area contributed by atoms with Gasteiger partial charge in [-0.15, -0.1) is 0 Å². The number of aromatic nitrogens is 1. The molecule has 0 fully saturated rings. The fraction of sp³-hybridized carbons (Fsp3) is 0.286. The Bertz CT molecular complexity index is 949. The maximum Gasteiger partial charge on any atom is 0.270 e. The van der Waals surface area contributed by atoms with E-state index in [0.29, 0.717) is 30.3 Å². The second-order valence-electron chi connectivity index (χ2n) is 6.24. The lowest BCUT2D eigenvalue weighted by atomic mass is 10.2. The molecule has 0 aliphatic rings. The van der Waals surface area contributed by atoms with Gasteiger partial charge in [0.1, 0.15) is 18.1 Å². The first-order valence-electron chi connectivity index (χ1n) is 8.70. The molecular formula is C21H24N2O4. The van der Waals surface area contributed by atoms with Gasteiger partial charge in [-0.1, -0.05) is 12.1 Å². The monoisotopic (exact) mass is 368 g/mol. The second-order valence-corrected chi connectivity index (χ2v) is 6.24. The smallest absolute Gasteiger partial charge is 0.270 e. The lowest BCUT2D eigenvalue weighted by molar-refractivity contribution is 0.0764. The number of benzene rings is 2. The minimum atomic E-state index is -0.0590. The van der Waals surface area contributed by atoms with Crippen molar-refractivity contribution in [1.82, 2.24) is 9.47 Å². The molecule has 142 valence electrons. The molecule has 0 atom stereocenters. The minimum Gasteiger partial charge on any atom is -0.497 e. The third kappa shape index (κ3) is 3.84. The molecule has 0 spiro atoms. The van der Waals surface area contributed by atoms with Gasteiger partial charge in [0.05, 0.1) is 26.3 Å². The highest BCUT2D eigenvalue weighted by molar-refractivity contribution is 5.98. The van der Waals surface area contributed by atoms with Crippen molar-refractivity contribution in [1.29, 1.82) is 0 Å². The fourth-order valence-electron chi connectivity index (χ4n) is 2.97. The predicted octanol–water partition coefficient (Wildman–Crippen LogP) is 3.35.